The summed E-state index contributed by atoms with van der Waals surface area (Å²) in [5.74, 6) is 1.03. The number of hydrogen-bond donors (Lipinski definition) is 1. The highest BCUT2D eigenvalue weighted by atomic mass is 32.2. The van der Waals surface area contributed by atoms with Crippen LogP contribution in [0.2, 0.25) is 0 Å². The molecule has 3 rings (SSSR count). The molecule has 2 aromatic carbocycles. The normalized spacial score (nSPS) is 14.0. The fraction of sp³-hybridized carbons (Fsp3) is 0.300. The van der Waals surface area contributed by atoms with Crippen LogP contribution in [0, 0.1) is 0 Å². The molecule has 4 nitrogen and oxygen atoms in total. The highest BCUT2D eigenvalue weighted by molar-refractivity contribution is 7.97. The van der Waals surface area contributed by atoms with E-state index in [2.05, 4.69) is 11.6 Å². The monoisotopic (exact) mass is 354 g/mol. The van der Waals surface area contributed by atoms with Gasteiger partial charge in [-0.05, 0) is 48.1 Å². The van der Waals surface area contributed by atoms with Gasteiger partial charge in [0, 0.05) is 36.5 Å². The van der Waals surface area contributed by atoms with E-state index in [-0.39, 0.29) is 11.8 Å². The molecule has 1 heterocycles. The van der Waals surface area contributed by atoms with E-state index in [9.17, 15) is 9.59 Å². The molecular weight excluding hydrogens is 332 g/mol. The molecule has 1 aliphatic rings. The van der Waals surface area contributed by atoms with E-state index in [4.69, 9.17) is 0 Å². The molecule has 0 radical (unpaired) electrons. The van der Waals surface area contributed by atoms with E-state index in [0.29, 0.717) is 18.5 Å². The molecule has 1 fully saturated rings. The number of likely N-dealkylation sites (tertiary alicyclic amines) is 1. The molecule has 0 aliphatic carbocycles. The molecule has 130 valence electrons. The summed E-state index contributed by atoms with van der Waals surface area (Å²) < 4.78 is 0. The van der Waals surface area contributed by atoms with Crippen molar-refractivity contribution in [1.29, 1.82) is 0 Å². The van der Waals surface area contributed by atoms with Crippen molar-refractivity contribution >= 4 is 29.3 Å². The molecule has 2 aromatic rings. The van der Waals surface area contributed by atoms with Crippen molar-refractivity contribution < 1.29 is 9.59 Å². The first-order valence-electron chi connectivity index (χ1n) is 8.41. The fourth-order valence-corrected chi connectivity index (χ4v) is 3.49. The Balaban J connectivity index is 1.64. The minimum absolute atomic E-state index is 0.120. The summed E-state index contributed by atoms with van der Waals surface area (Å²) in [6.07, 6.45) is 3.63. The maximum absolute atomic E-state index is 12.4. The summed E-state index contributed by atoms with van der Waals surface area (Å²) in [4.78, 5) is 26.0. The summed E-state index contributed by atoms with van der Waals surface area (Å²) >= 11 is 1.76. The van der Waals surface area contributed by atoms with Crippen LogP contribution in [0.5, 0.6) is 0 Å². The molecule has 5 heteroatoms. The van der Waals surface area contributed by atoms with Gasteiger partial charge in [0.2, 0.25) is 5.91 Å². The number of carbonyl (C=O) groups excluding carboxylic acids is 2. The quantitative estimate of drug-likeness (QED) is 0.855. The Morgan fingerprint density at radius 3 is 2.64 bits per heavy atom. The zero-order valence-corrected chi connectivity index (χ0v) is 15.1. The van der Waals surface area contributed by atoms with Crippen molar-refractivity contribution in [3.05, 3.63) is 65.2 Å². The molecule has 2 amide bonds. The van der Waals surface area contributed by atoms with Crippen LogP contribution in [-0.2, 0) is 17.1 Å². The number of hydrogen-bond acceptors (Lipinski definition) is 3. The van der Waals surface area contributed by atoms with Gasteiger partial charge in [0.25, 0.3) is 5.91 Å². The molecule has 0 saturated carbocycles. The number of amides is 2. The molecule has 0 spiro atoms. The number of benzene rings is 2. The summed E-state index contributed by atoms with van der Waals surface area (Å²) in [6.45, 7) is 1.42. The highest BCUT2D eigenvalue weighted by Gasteiger charge is 2.20. The molecule has 25 heavy (non-hydrogen) atoms. The third kappa shape index (κ3) is 4.63. The number of nitrogens with zero attached hydrogens (tertiary/aromatic N) is 1. The van der Waals surface area contributed by atoms with Crippen LogP contribution in [0.25, 0.3) is 0 Å². The first kappa shape index (κ1) is 17.5. The third-order valence-electron chi connectivity index (χ3n) is 4.26. The predicted octanol–water partition coefficient (Wildman–Crippen LogP) is 3.92. The topological polar surface area (TPSA) is 49.4 Å². The Bertz CT molecular complexity index is 759. The molecule has 0 bridgehead atoms. The van der Waals surface area contributed by atoms with Gasteiger partial charge in [0.15, 0.2) is 0 Å². The number of anilines is 1. The molecule has 0 aromatic heterocycles. The lowest BCUT2D eigenvalue weighted by atomic mass is 10.1. The van der Waals surface area contributed by atoms with Gasteiger partial charge in [0.05, 0.1) is 0 Å². The van der Waals surface area contributed by atoms with Crippen molar-refractivity contribution in [2.45, 2.75) is 25.1 Å². The number of thioether (sulfide) groups is 1. The summed E-state index contributed by atoms with van der Waals surface area (Å²) in [5.41, 5.74) is 3.64. The predicted molar refractivity (Wildman–Crippen MR) is 103 cm³/mol. The molecule has 0 unspecified atom stereocenters. The molecule has 1 aliphatic heterocycles. The van der Waals surface area contributed by atoms with Crippen LogP contribution in [-0.4, -0.2) is 29.5 Å². The van der Waals surface area contributed by atoms with E-state index in [0.717, 1.165) is 30.0 Å². The number of rotatable bonds is 6. The Morgan fingerprint density at radius 2 is 1.96 bits per heavy atom. The van der Waals surface area contributed by atoms with Gasteiger partial charge in [-0.25, -0.2) is 0 Å². The van der Waals surface area contributed by atoms with Gasteiger partial charge in [-0.15, -0.1) is 0 Å². The van der Waals surface area contributed by atoms with Crippen LogP contribution in [0.1, 0.15) is 34.3 Å². The average Bonchev–Trinajstić information content (AvgIpc) is 3.01. The van der Waals surface area contributed by atoms with Gasteiger partial charge >= 0.3 is 0 Å². The van der Waals surface area contributed by atoms with E-state index in [1.807, 2.05) is 53.4 Å². The maximum Gasteiger partial charge on any atom is 0.255 e. The lowest BCUT2D eigenvalue weighted by Crippen LogP contribution is -2.23. The standard InChI is InChI=1S/C20H22N2O2S/c1-25-14-15-7-9-17(10-8-15)20(24)21-18-5-2-4-16(12-18)13-22-11-3-6-19(22)23/h2,4-5,7-10,12H,3,6,11,13-14H2,1H3,(H,21,24). The van der Waals surface area contributed by atoms with Crippen LogP contribution < -0.4 is 5.32 Å². The zero-order chi connectivity index (χ0) is 17.6. The van der Waals surface area contributed by atoms with Crippen LogP contribution in [0.4, 0.5) is 5.69 Å². The number of nitrogens with one attached hydrogen (secondary N) is 1. The first-order valence-corrected chi connectivity index (χ1v) is 9.81. The Kier molecular flexibility index (Phi) is 5.76. The van der Waals surface area contributed by atoms with Crippen molar-refractivity contribution in [3.63, 3.8) is 0 Å². The summed E-state index contributed by atoms with van der Waals surface area (Å²) in [5, 5.41) is 2.94. The lowest BCUT2D eigenvalue weighted by molar-refractivity contribution is -0.128. The van der Waals surface area contributed by atoms with E-state index in [1.165, 1.54) is 5.56 Å². The fourth-order valence-electron chi connectivity index (χ4n) is 2.96. The second kappa shape index (κ2) is 8.21. The van der Waals surface area contributed by atoms with Gasteiger partial charge in [-0.3, -0.25) is 9.59 Å². The lowest BCUT2D eigenvalue weighted by Gasteiger charge is -2.16. The van der Waals surface area contributed by atoms with Crippen molar-refractivity contribution in [1.82, 2.24) is 4.90 Å². The van der Waals surface area contributed by atoms with Crippen molar-refractivity contribution in [2.75, 3.05) is 18.1 Å². The van der Waals surface area contributed by atoms with Gasteiger partial charge in [-0.2, -0.15) is 11.8 Å². The largest absolute Gasteiger partial charge is 0.338 e. The third-order valence-corrected chi connectivity index (χ3v) is 4.88. The van der Waals surface area contributed by atoms with Crippen molar-refractivity contribution in [3.8, 4) is 0 Å². The molecule has 1 saturated heterocycles. The van der Waals surface area contributed by atoms with Crippen LogP contribution in [0.3, 0.4) is 0 Å². The smallest absolute Gasteiger partial charge is 0.255 e. The average molecular weight is 354 g/mol. The second-order valence-electron chi connectivity index (χ2n) is 6.20. The Labute approximate surface area is 152 Å². The van der Waals surface area contributed by atoms with E-state index >= 15 is 0 Å². The van der Waals surface area contributed by atoms with Crippen LogP contribution in [0.15, 0.2) is 48.5 Å². The van der Waals surface area contributed by atoms with Crippen LogP contribution >= 0.6 is 11.8 Å². The summed E-state index contributed by atoms with van der Waals surface area (Å²) in [7, 11) is 0. The first-order chi connectivity index (χ1) is 12.2. The Hall–Kier alpha value is -2.27. The number of carbonyl (C=O) groups is 2. The maximum atomic E-state index is 12.4. The minimum atomic E-state index is -0.120. The molecule has 1 N–H and O–H groups in total. The summed E-state index contributed by atoms with van der Waals surface area (Å²) in [6, 6.07) is 15.4. The second-order valence-corrected chi connectivity index (χ2v) is 7.07. The van der Waals surface area contributed by atoms with Gasteiger partial charge in [-0.1, -0.05) is 24.3 Å². The van der Waals surface area contributed by atoms with E-state index < -0.39 is 0 Å². The molecular formula is C20H22N2O2S. The van der Waals surface area contributed by atoms with Crippen molar-refractivity contribution in [2.24, 2.45) is 0 Å². The SMILES string of the molecule is CSCc1ccc(C(=O)Nc2cccc(CN3CCCC3=O)c2)cc1. The highest BCUT2D eigenvalue weighted by Crippen LogP contribution is 2.18. The van der Waals surface area contributed by atoms with E-state index in [1.54, 1.807) is 11.8 Å². The van der Waals surface area contributed by atoms with Gasteiger partial charge in [0.1, 0.15) is 0 Å². The zero-order valence-electron chi connectivity index (χ0n) is 14.3. The minimum Gasteiger partial charge on any atom is -0.338 e. The molecule has 0 atom stereocenters. The Morgan fingerprint density at radius 1 is 1.16 bits per heavy atom. The van der Waals surface area contributed by atoms with Gasteiger partial charge < -0.3 is 10.2 Å².